The molecule has 3 fully saturated rings. The summed E-state index contributed by atoms with van der Waals surface area (Å²) in [7, 11) is 0. The number of urea groups is 1. The van der Waals surface area contributed by atoms with Crippen LogP contribution in [-0.2, 0) is 14.4 Å². The molecule has 0 aromatic heterocycles. The first-order chi connectivity index (χ1) is 13.9. The Hall–Kier alpha value is -2.90. The molecule has 0 radical (unpaired) electrons. The van der Waals surface area contributed by atoms with E-state index in [2.05, 4.69) is 5.32 Å². The zero-order chi connectivity index (χ0) is 20.6. The third-order valence-corrected chi connectivity index (χ3v) is 6.43. The molecule has 4 amide bonds. The van der Waals surface area contributed by atoms with Gasteiger partial charge in [-0.15, -0.1) is 0 Å². The number of anilines is 1. The van der Waals surface area contributed by atoms with Gasteiger partial charge >= 0.3 is 6.03 Å². The first-order valence-corrected chi connectivity index (χ1v) is 10.1. The molecule has 2 atom stereocenters. The molecule has 0 bridgehead atoms. The predicted octanol–water partition coefficient (Wildman–Crippen LogP) is 0.803. The van der Waals surface area contributed by atoms with E-state index in [0.29, 0.717) is 31.5 Å². The van der Waals surface area contributed by atoms with Crippen LogP contribution in [0.4, 0.5) is 10.5 Å². The highest BCUT2D eigenvalue weighted by molar-refractivity contribution is 6.19. The average Bonchev–Trinajstić information content (AvgIpc) is 3.29. The first-order valence-electron chi connectivity index (χ1n) is 10.1. The highest BCUT2D eigenvalue weighted by atomic mass is 16.4. The van der Waals surface area contributed by atoms with Crippen LogP contribution in [0, 0.1) is 5.41 Å². The molecule has 2 saturated heterocycles. The van der Waals surface area contributed by atoms with Crippen molar-refractivity contribution >= 4 is 29.5 Å². The maximum Gasteiger partial charge on any atom is 0.329 e. The third kappa shape index (κ3) is 3.59. The van der Waals surface area contributed by atoms with Gasteiger partial charge in [0.25, 0.3) is 5.91 Å². The molecule has 8 nitrogen and oxygen atoms in total. The molecule has 8 heteroatoms. The van der Waals surface area contributed by atoms with Crippen molar-refractivity contribution in [2.45, 2.75) is 57.0 Å². The van der Waals surface area contributed by atoms with E-state index in [0.717, 1.165) is 17.7 Å². The van der Waals surface area contributed by atoms with Crippen LogP contribution in [0.25, 0.3) is 0 Å². The van der Waals surface area contributed by atoms with Crippen molar-refractivity contribution in [3.8, 4) is 0 Å². The van der Waals surface area contributed by atoms with E-state index in [1.165, 1.54) is 4.90 Å². The number of para-hydroxylation sites is 1. The Labute approximate surface area is 168 Å². The Balaban J connectivity index is 1.55. The van der Waals surface area contributed by atoms with Crippen molar-refractivity contribution in [1.82, 2.24) is 10.2 Å². The van der Waals surface area contributed by atoms with Gasteiger partial charge in [-0.2, -0.15) is 0 Å². The van der Waals surface area contributed by atoms with Crippen molar-refractivity contribution in [2.24, 2.45) is 5.41 Å². The quantitative estimate of drug-likeness (QED) is 0.789. The Morgan fingerprint density at radius 1 is 1.10 bits per heavy atom. The third-order valence-electron chi connectivity index (χ3n) is 6.43. The minimum absolute atomic E-state index is 0.0940. The SMILES string of the molecule is O=C([O-])CC1(CC(=O)N2CC[C@H]3NC(=O)N(c4ccccc4)C(=O)[C@H]32)CCCC1. The van der Waals surface area contributed by atoms with Gasteiger partial charge < -0.3 is 20.1 Å². The van der Waals surface area contributed by atoms with Crippen LogP contribution in [0.2, 0.25) is 0 Å². The van der Waals surface area contributed by atoms with Crippen molar-refractivity contribution in [3.63, 3.8) is 0 Å². The summed E-state index contributed by atoms with van der Waals surface area (Å²) in [6, 6.07) is 6.95. The number of nitrogens with zero attached hydrogens (tertiary/aromatic N) is 2. The van der Waals surface area contributed by atoms with Gasteiger partial charge in [0.05, 0.1) is 11.7 Å². The predicted molar refractivity (Wildman–Crippen MR) is 102 cm³/mol. The zero-order valence-corrected chi connectivity index (χ0v) is 16.1. The number of hydrogen-bond donors (Lipinski definition) is 1. The van der Waals surface area contributed by atoms with E-state index in [9.17, 15) is 24.3 Å². The number of aliphatic carboxylic acids is 1. The lowest BCUT2D eigenvalue weighted by molar-refractivity contribution is -0.308. The van der Waals surface area contributed by atoms with E-state index in [-0.39, 0.29) is 18.7 Å². The van der Waals surface area contributed by atoms with Gasteiger partial charge in [0.1, 0.15) is 6.04 Å². The summed E-state index contributed by atoms with van der Waals surface area (Å²) in [5.74, 6) is -1.79. The molecule has 1 aliphatic carbocycles. The van der Waals surface area contributed by atoms with Gasteiger partial charge in [0, 0.05) is 18.9 Å². The van der Waals surface area contributed by atoms with Crippen LogP contribution in [0.5, 0.6) is 0 Å². The van der Waals surface area contributed by atoms with Gasteiger partial charge in [-0.3, -0.25) is 9.59 Å². The lowest BCUT2D eigenvalue weighted by Gasteiger charge is -2.38. The van der Waals surface area contributed by atoms with E-state index in [4.69, 9.17) is 0 Å². The molecule has 3 aliphatic rings. The molecule has 1 aromatic carbocycles. The maximum atomic E-state index is 13.2. The van der Waals surface area contributed by atoms with Crippen LogP contribution in [0.1, 0.15) is 44.9 Å². The Morgan fingerprint density at radius 2 is 1.79 bits per heavy atom. The number of carboxylic acids is 1. The molecule has 154 valence electrons. The second kappa shape index (κ2) is 7.50. The molecule has 0 spiro atoms. The number of carbonyl (C=O) groups is 4. The van der Waals surface area contributed by atoms with Crippen LogP contribution in [-0.4, -0.2) is 47.3 Å². The smallest absolute Gasteiger partial charge is 0.329 e. The Bertz CT molecular complexity index is 834. The van der Waals surface area contributed by atoms with Crippen molar-refractivity contribution < 1.29 is 24.3 Å². The van der Waals surface area contributed by atoms with Gasteiger partial charge in [0.2, 0.25) is 5.91 Å². The number of hydrogen-bond acceptors (Lipinski definition) is 5. The van der Waals surface area contributed by atoms with Gasteiger partial charge in [-0.25, -0.2) is 9.69 Å². The Kier molecular flexibility index (Phi) is 5.02. The number of imide groups is 1. The summed E-state index contributed by atoms with van der Waals surface area (Å²) in [6.07, 6.45) is 3.60. The molecule has 1 aromatic rings. The van der Waals surface area contributed by atoms with Gasteiger partial charge in [-0.05, 0) is 43.2 Å². The molecule has 0 unspecified atom stereocenters. The second-order valence-corrected chi connectivity index (χ2v) is 8.32. The topological polar surface area (TPSA) is 110 Å². The zero-order valence-electron chi connectivity index (χ0n) is 16.1. The van der Waals surface area contributed by atoms with Crippen molar-refractivity contribution in [2.75, 3.05) is 11.4 Å². The molecule has 2 aliphatic heterocycles. The van der Waals surface area contributed by atoms with Crippen molar-refractivity contribution in [1.29, 1.82) is 0 Å². The number of amides is 4. The molecule has 4 rings (SSSR count). The summed E-state index contributed by atoms with van der Waals surface area (Å²) < 4.78 is 0. The number of benzene rings is 1. The molecule has 1 saturated carbocycles. The molecular weight excluding hydrogens is 374 g/mol. The largest absolute Gasteiger partial charge is 0.550 e. The van der Waals surface area contributed by atoms with Crippen LogP contribution < -0.4 is 15.3 Å². The summed E-state index contributed by atoms with van der Waals surface area (Å²) in [5.41, 5.74) is -0.134. The normalized spacial score (nSPS) is 25.7. The highest BCUT2D eigenvalue weighted by Crippen LogP contribution is 2.44. The van der Waals surface area contributed by atoms with Gasteiger partial charge in [-0.1, -0.05) is 31.0 Å². The number of likely N-dealkylation sites (tertiary alicyclic amines) is 1. The number of fused-ring (bicyclic) bond motifs is 1. The van der Waals surface area contributed by atoms with Crippen LogP contribution in [0.3, 0.4) is 0 Å². The fraction of sp³-hybridized carbons (Fsp3) is 0.524. The molecule has 29 heavy (non-hydrogen) atoms. The maximum absolute atomic E-state index is 13.2. The average molecular weight is 398 g/mol. The second-order valence-electron chi connectivity index (χ2n) is 8.32. The van der Waals surface area contributed by atoms with Crippen LogP contribution >= 0.6 is 0 Å². The minimum Gasteiger partial charge on any atom is -0.550 e. The highest BCUT2D eigenvalue weighted by Gasteiger charge is 2.50. The molecule has 2 heterocycles. The van der Waals surface area contributed by atoms with E-state index in [1.807, 2.05) is 0 Å². The lowest BCUT2D eigenvalue weighted by Crippen LogP contribution is -2.65. The number of carbonyl (C=O) groups excluding carboxylic acids is 4. The van der Waals surface area contributed by atoms with E-state index >= 15 is 0 Å². The van der Waals surface area contributed by atoms with E-state index < -0.39 is 35.4 Å². The summed E-state index contributed by atoms with van der Waals surface area (Å²) in [6.45, 7) is 0.365. The monoisotopic (exact) mass is 398 g/mol. The fourth-order valence-corrected chi connectivity index (χ4v) is 5.08. The van der Waals surface area contributed by atoms with Crippen LogP contribution in [0.15, 0.2) is 30.3 Å². The van der Waals surface area contributed by atoms with E-state index in [1.54, 1.807) is 30.3 Å². The summed E-state index contributed by atoms with van der Waals surface area (Å²) in [5, 5.41) is 14.1. The molecular formula is C21H24N3O5-. The number of nitrogens with one attached hydrogen (secondary N) is 1. The fourth-order valence-electron chi connectivity index (χ4n) is 5.08. The molecule has 1 N–H and O–H groups in total. The minimum atomic E-state index is -1.14. The standard InChI is InChI=1S/C21H25N3O5/c25-16(12-21(13-17(26)27)9-4-5-10-21)23-11-8-15-18(23)19(28)24(20(29)22-15)14-6-2-1-3-7-14/h1-3,6-7,15,18H,4-5,8-13H2,(H,22,29)(H,26,27)/p-1/t15-,18+/m1/s1. The lowest BCUT2D eigenvalue weighted by atomic mass is 9.79. The number of rotatable bonds is 5. The number of carboxylic acid groups (broad SMARTS) is 1. The summed E-state index contributed by atoms with van der Waals surface area (Å²) in [4.78, 5) is 52.7. The van der Waals surface area contributed by atoms with Gasteiger partial charge in [0.15, 0.2) is 0 Å². The summed E-state index contributed by atoms with van der Waals surface area (Å²) >= 11 is 0. The Morgan fingerprint density at radius 3 is 2.45 bits per heavy atom. The van der Waals surface area contributed by atoms with Crippen molar-refractivity contribution in [3.05, 3.63) is 30.3 Å². The first kappa shape index (κ1) is 19.4.